The Morgan fingerprint density at radius 3 is 2.71 bits per heavy atom. The Morgan fingerprint density at radius 1 is 1.41 bits per heavy atom. The molecule has 0 aromatic heterocycles. The molecule has 0 spiro atoms. The Hall–Kier alpha value is -1.71. The van der Waals surface area contributed by atoms with Crippen molar-refractivity contribution in [3.63, 3.8) is 0 Å². The molecule has 1 aromatic rings. The van der Waals surface area contributed by atoms with Crippen molar-refractivity contribution in [3.8, 4) is 5.75 Å². The molecule has 94 valence electrons. The number of nitrogens with two attached hydrogens (primary N) is 1. The highest BCUT2D eigenvalue weighted by molar-refractivity contribution is 5.79. The molecule has 0 radical (unpaired) electrons. The van der Waals surface area contributed by atoms with Crippen LogP contribution in [0.1, 0.15) is 32.8 Å². The van der Waals surface area contributed by atoms with Crippen LogP contribution in [-0.4, -0.2) is 17.6 Å². The molecule has 0 fully saturated rings. The molecule has 0 saturated carbocycles. The molecule has 4 nitrogen and oxygen atoms in total. The van der Waals surface area contributed by atoms with Gasteiger partial charge in [0.2, 0.25) is 0 Å². The van der Waals surface area contributed by atoms with Gasteiger partial charge in [-0.05, 0) is 23.1 Å². The monoisotopic (exact) mass is 236 g/mol. The molecule has 0 aliphatic rings. The fourth-order valence-corrected chi connectivity index (χ4v) is 1.38. The number of rotatable bonds is 4. The molecule has 3 N–H and O–H groups in total. The average Bonchev–Trinajstić information content (AvgIpc) is 2.28. The zero-order valence-corrected chi connectivity index (χ0v) is 10.6. The van der Waals surface area contributed by atoms with Crippen molar-refractivity contribution in [1.29, 1.82) is 0 Å². The van der Waals surface area contributed by atoms with Gasteiger partial charge in [0.25, 0.3) is 0 Å². The van der Waals surface area contributed by atoms with Gasteiger partial charge < -0.3 is 15.7 Å². The summed E-state index contributed by atoms with van der Waals surface area (Å²) in [5, 5.41) is 11.3. The van der Waals surface area contributed by atoms with Gasteiger partial charge in [0, 0.05) is 6.42 Å². The fraction of sp³-hybridized carbons (Fsp3) is 0.462. The van der Waals surface area contributed by atoms with Gasteiger partial charge in [-0.25, -0.2) is 0 Å². The Bertz CT molecular complexity index is 395. The van der Waals surface area contributed by atoms with E-state index in [1.165, 1.54) is 5.56 Å². The normalized spacial score (nSPS) is 12.5. The first-order valence-corrected chi connectivity index (χ1v) is 5.63. The van der Waals surface area contributed by atoms with Gasteiger partial charge in [-0.15, -0.1) is 0 Å². The van der Waals surface area contributed by atoms with Crippen LogP contribution < -0.4 is 10.5 Å². The van der Waals surface area contributed by atoms with E-state index in [0.717, 1.165) is 5.75 Å². The summed E-state index contributed by atoms with van der Waals surface area (Å²) in [4.78, 5) is 0. The second kappa shape index (κ2) is 5.57. The molecular formula is C13H20N2O2. The molecular weight excluding hydrogens is 216 g/mol. The molecule has 4 heteroatoms. The zero-order valence-electron chi connectivity index (χ0n) is 10.6. The number of benzene rings is 1. The van der Waals surface area contributed by atoms with E-state index in [-0.39, 0.29) is 11.3 Å². The van der Waals surface area contributed by atoms with Crippen LogP contribution in [0.3, 0.4) is 0 Å². The first-order chi connectivity index (χ1) is 7.93. The van der Waals surface area contributed by atoms with Gasteiger partial charge in [-0.1, -0.05) is 38.1 Å². The third-order valence-electron chi connectivity index (χ3n) is 2.46. The number of oxime groups is 1. The largest absolute Gasteiger partial charge is 0.493 e. The van der Waals surface area contributed by atoms with Gasteiger partial charge in [-0.3, -0.25) is 0 Å². The van der Waals surface area contributed by atoms with Crippen molar-refractivity contribution in [2.24, 2.45) is 10.9 Å². The van der Waals surface area contributed by atoms with Gasteiger partial charge in [0.15, 0.2) is 0 Å². The van der Waals surface area contributed by atoms with Crippen LogP contribution in [0.15, 0.2) is 29.4 Å². The Kier molecular flexibility index (Phi) is 4.37. The first kappa shape index (κ1) is 13.4. The lowest BCUT2D eigenvalue weighted by molar-refractivity contribution is 0.305. The Balaban J connectivity index is 2.61. The minimum atomic E-state index is 0.102. The number of hydrogen-bond acceptors (Lipinski definition) is 3. The standard InChI is InChI=1S/C13H20N2O2/c1-13(2,3)10-5-4-6-11(9-10)17-8-7-12(14)15-16/h4-6,9,16H,7-8H2,1-3H3,(H2,14,15). The van der Waals surface area contributed by atoms with Crippen LogP contribution >= 0.6 is 0 Å². The molecule has 0 amide bonds. The summed E-state index contributed by atoms with van der Waals surface area (Å²) in [6, 6.07) is 7.98. The van der Waals surface area contributed by atoms with Crippen molar-refractivity contribution in [3.05, 3.63) is 29.8 Å². The highest BCUT2D eigenvalue weighted by Gasteiger charge is 2.13. The Morgan fingerprint density at radius 2 is 2.12 bits per heavy atom. The summed E-state index contributed by atoms with van der Waals surface area (Å²) < 4.78 is 5.54. The molecule has 0 atom stereocenters. The molecule has 1 aromatic carbocycles. The summed E-state index contributed by atoms with van der Waals surface area (Å²) in [6.45, 7) is 6.87. The summed E-state index contributed by atoms with van der Waals surface area (Å²) in [7, 11) is 0. The van der Waals surface area contributed by atoms with E-state index < -0.39 is 0 Å². The van der Waals surface area contributed by atoms with Gasteiger partial charge >= 0.3 is 0 Å². The third-order valence-corrected chi connectivity index (χ3v) is 2.46. The van der Waals surface area contributed by atoms with E-state index in [0.29, 0.717) is 13.0 Å². The van der Waals surface area contributed by atoms with Crippen LogP contribution in [0, 0.1) is 0 Å². The molecule has 0 saturated heterocycles. The summed E-state index contributed by atoms with van der Waals surface area (Å²) in [6.07, 6.45) is 0.413. The van der Waals surface area contributed by atoms with Crippen molar-refractivity contribution in [2.45, 2.75) is 32.6 Å². The summed E-state index contributed by atoms with van der Waals surface area (Å²) in [5.41, 5.74) is 6.68. The second-order valence-corrected chi connectivity index (χ2v) is 4.97. The lowest BCUT2D eigenvalue weighted by Gasteiger charge is -2.19. The maximum atomic E-state index is 8.39. The molecule has 0 aliphatic carbocycles. The predicted octanol–water partition coefficient (Wildman–Crippen LogP) is 2.50. The van der Waals surface area contributed by atoms with Crippen LogP contribution in [-0.2, 0) is 5.41 Å². The van der Waals surface area contributed by atoms with E-state index in [9.17, 15) is 0 Å². The van der Waals surface area contributed by atoms with Crippen molar-refractivity contribution in [2.75, 3.05) is 6.61 Å². The van der Waals surface area contributed by atoms with E-state index >= 15 is 0 Å². The summed E-state index contributed by atoms with van der Waals surface area (Å²) in [5.74, 6) is 0.986. The maximum Gasteiger partial charge on any atom is 0.142 e. The predicted molar refractivity (Wildman–Crippen MR) is 68.7 cm³/mol. The molecule has 0 unspecified atom stereocenters. The SMILES string of the molecule is CC(C)(C)c1cccc(OCC/C(N)=N/O)c1. The maximum absolute atomic E-state index is 8.39. The molecule has 1 rings (SSSR count). The molecule has 17 heavy (non-hydrogen) atoms. The molecule has 0 bridgehead atoms. The van der Waals surface area contributed by atoms with Gasteiger partial charge in [0.1, 0.15) is 11.6 Å². The van der Waals surface area contributed by atoms with Crippen LogP contribution in [0.5, 0.6) is 5.75 Å². The smallest absolute Gasteiger partial charge is 0.142 e. The summed E-state index contributed by atoms with van der Waals surface area (Å²) >= 11 is 0. The lowest BCUT2D eigenvalue weighted by Crippen LogP contribution is -2.16. The number of nitrogens with zero attached hydrogens (tertiary/aromatic N) is 1. The number of hydrogen-bond donors (Lipinski definition) is 2. The third kappa shape index (κ3) is 4.34. The lowest BCUT2D eigenvalue weighted by atomic mass is 9.87. The zero-order chi connectivity index (χ0) is 12.9. The second-order valence-electron chi connectivity index (χ2n) is 4.97. The van der Waals surface area contributed by atoms with Crippen LogP contribution in [0.25, 0.3) is 0 Å². The Labute approximate surface area is 102 Å². The topological polar surface area (TPSA) is 67.8 Å². The number of ether oxygens (including phenoxy) is 1. The molecule has 0 aliphatic heterocycles. The van der Waals surface area contributed by atoms with E-state index in [4.69, 9.17) is 15.7 Å². The average molecular weight is 236 g/mol. The first-order valence-electron chi connectivity index (χ1n) is 5.63. The van der Waals surface area contributed by atoms with Gasteiger partial charge in [-0.2, -0.15) is 0 Å². The number of amidine groups is 1. The van der Waals surface area contributed by atoms with Crippen molar-refractivity contribution in [1.82, 2.24) is 0 Å². The van der Waals surface area contributed by atoms with E-state index in [2.05, 4.69) is 32.0 Å². The van der Waals surface area contributed by atoms with Crippen molar-refractivity contribution >= 4 is 5.84 Å². The van der Waals surface area contributed by atoms with Crippen molar-refractivity contribution < 1.29 is 9.94 Å². The molecule has 0 heterocycles. The van der Waals surface area contributed by atoms with Crippen LogP contribution in [0.2, 0.25) is 0 Å². The quantitative estimate of drug-likeness (QED) is 0.365. The van der Waals surface area contributed by atoms with Crippen LogP contribution in [0.4, 0.5) is 0 Å². The minimum Gasteiger partial charge on any atom is -0.493 e. The van der Waals surface area contributed by atoms with E-state index in [1.54, 1.807) is 0 Å². The van der Waals surface area contributed by atoms with E-state index in [1.807, 2.05) is 18.2 Å². The van der Waals surface area contributed by atoms with Gasteiger partial charge in [0.05, 0.1) is 6.61 Å². The highest BCUT2D eigenvalue weighted by atomic mass is 16.5. The fourth-order valence-electron chi connectivity index (χ4n) is 1.38. The highest BCUT2D eigenvalue weighted by Crippen LogP contribution is 2.25. The minimum absolute atomic E-state index is 0.102.